The lowest BCUT2D eigenvalue weighted by molar-refractivity contribution is -0.384. The van der Waals surface area contributed by atoms with E-state index in [2.05, 4.69) is 19.2 Å². The fraction of sp³-hybridized carbons (Fsp3) is 0.350. The molecule has 2 rings (SSSR count). The summed E-state index contributed by atoms with van der Waals surface area (Å²) in [6.45, 7) is 7.69. The highest BCUT2D eigenvalue weighted by Gasteiger charge is 2.20. The molecule has 0 aliphatic heterocycles. The monoisotopic (exact) mass is 372 g/mol. The predicted molar refractivity (Wildman–Crippen MR) is 104 cm³/mol. The van der Waals surface area contributed by atoms with Crippen LogP contribution in [0.25, 0.3) is 0 Å². The van der Waals surface area contributed by atoms with Gasteiger partial charge in [0, 0.05) is 12.1 Å². The van der Waals surface area contributed by atoms with Crippen molar-refractivity contribution in [1.82, 2.24) is 0 Å². The summed E-state index contributed by atoms with van der Waals surface area (Å²) >= 11 is 0. The van der Waals surface area contributed by atoms with E-state index in [1.165, 1.54) is 25.3 Å². The van der Waals surface area contributed by atoms with Crippen LogP contribution in [-0.4, -0.2) is 24.0 Å². The summed E-state index contributed by atoms with van der Waals surface area (Å²) in [6, 6.07) is 9.90. The van der Waals surface area contributed by atoms with Gasteiger partial charge in [0.1, 0.15) is 11.5 Å². The van der Waals surface area contributed by atoms with E-state index in [9.17, 15) is 14.9 Å². The summed E-state index contributed by atoms with van der Waals surface area (Å²) in [4.78, 5) is 23.0. The molecule has 2 aromatic carbocycles. The molecule has 1 atom stereocenters. The van der Waals surface area contributed by atoms with Crippen molar-refractivity contribution >= 4 is 17.3 Å². The van der Waals surface area contributed by atoms with E-state index in [1.807, 2.05) is 25.1 Å². The Bertz CT molecular complexity index is 848. The zero-order valence-electron chi connectivity index (χ0n) is 16.1. The average Bonchev–Trinajstić information content (AvgIpc) is 2.61. The van der Waals surface area contributed by atoms with Crippen LogP contribution in [0.2, 0.25) is 0 Å². The van der Waals surface area contributed by atoms with Crippen LogP contribution in [0, 0.1) is 17.0 Å². The number of nitrogens with one attached hydrogen (secondary N) is 1. The quantitative estimate of drug-likeness (QED) is 0.573. The first-order chi connectivity index (χ1) is 12.7. The van der Waals surface area contributed by atoms with Gasteiger partial charge in [-0.3, -0.25) is 14.9 Å². The van der Waals surface area contributed by atoms with Crippen molar-refractivity contribution in [3.05, 3.63) is 57.6 Å². The molecule has 1 amide bonds. The summed E-state index contributed by atoms with van der Waals surface area (Å²) in [5.74, 6) is 0.802. The number of carbonyl (C=O) groups excluding carboxylic acids is 1. The van der Waals surface area contributed by atoms with Gasteiger partial charge >= 0.3 is 0 Å². The van der Waals surface area contributed by atoms with Crippen molar-refractivity contribution in [2.75, 3.05) is 12.4 Å². The lowest BCUT2D eigenvalue weighted by atomic mass is 10.0. The highest BCUT2D eigenvalue weighted by molar-refractivity contribution is 5.95. The predicted octanol–water partition coefficient (Wildman–Crippen LogP) is 4.44. The molecular formula is C20H24N2O5. The Hall–Kier alpha value is -3.09. The van der Waals surface area contributed by atoms with E-state index in [-0.39, 0.29) is 17.3 Å². The van der Waals surface area contributed by atoms with E-state index in [4.69, 9.17) is 9.47 Å². The van der Waals surface area contributed by atoms with E-state index in [1.54, 1.807) is 6.92 Å². The van der Waals surface area contributed by atoms with Gasteiger partial charge in [-0.2, -0.15) is 0 Å². The normalized spacial score (nSPS) is 11.8. The summed E-state index contributed by atoms with van der Waals surface area (Å²) in [5.41, 5.74) is 2.12. The molecule has 0 aliphatic carbocycles. The molecule has 7 heteroatoms. The highest BCUT2D eigenvalue weighted by Crippen LogP contribution is 2.30. The number of nitro benzene ring substituents is 1. The third kappa shape index (κ3) is 4.97. The second-order valence-electron chi connectivity index (χ2n) is 6.59. The number of ether oxygens (including phenoxy) is 2. The Morgan fingerprint density at radius 2 is 1.81 bits per heavy atom. The molecule has 0 heterocycles. The van der Waals surface area contributed by atoms with Crippen molar-refractivity contribution in [2.24, 2.45) is 0 Å². The minimum atomic E-state index is -0.798. The van der Waals surface area contributed by atoms with Crippen molar-refractivity contribution in [2.45, 2.75) is 39.7 Å². The number of benzene rings is 2. The molecule has 2 aromatic rings. The molecule has 0 saturated carbocycles. The molecule has 0 spiro atoms. The maximum atomic E-state index is 12.6. The number of carbonyl (C=O) groups is 1. The molecule has 1 N–H and O–H groups in total. The summed E-state index contributed by atoms with van der Waals surface area (Å²) in [6.07, 6.45) is -0.798. The minimum absolute atomic E-state index is 0.138. The van der Waals surface area contributed by atoms with Crippen LogP contribution in [0.4, 0.5) is 11.4 Å². The molecule has 0 bridgehead atoms. The van der Waals surface area contributed by atoms with E-state index >= 15 is 0 Å². The number of hydrogen-bond acceptors (Lipinski definition) is 5. The third-order valence-electron chi connectivity index (χ3n) is 4.12. The average molecular weight is 372 g/mol. The van der Waals surface area contributed by atoms with Gasteiger partial charge in [-0.15, -0.1) is 0 Å². The molecular weight excluding hydrogens is 348 g/mol. The minimum Gasteiger partial charge on any atom is -0.495 e. The van der Waals surface area contributed by atoms with Gasteiger partial charge in [0.25, 0.3) is 11.6 Å². The maximum Gasteiger partial charge on any atom is 0.271 e. The standard InChI is InChI=1S/C20H24N2O5/c1-12(2)16-8-6-13(3)10-19(16)27-14(4)20(23)21-17-11-15(22(24)25)7-9-18(17)26-5/h6-12,14H,1-5H3,(H,21,23). The first kappa shape index (κ1) is 20.2. The van der Waals surface area contributed by atoms with Gasteiger partial charge in [-0.25, -0.2) is 0 Å². The molecule has 27 heavy (non-hydrogen) atoms. The van der Waals surface area contributed by atoms with Crippen LogP contribution in [0.5, 0.6) is 11.5 Å². The molecule has 144 valence electrons. The second kappa shape index (κ2) is 8.53. The molecule has 0 saturated heterocycles. The molecule has 0 aromatic heterocycles. The van der Waals surface area contributed by atoms with E-state index in [0.29, 0.717) is 11.5 Å². The van der Waals surface area contributed by atoms with Crippen molar-refractivity contribution in [3.8, 4) is 11.5 Å². The van der Waals surface area contributed by atoms with Crippen LogP contribution in [0.15, 0.2) is 36.4 Å². The number of hydrogen-bond donors (Lipinski definition) is 1. The number of methoxy groups -OCH3 is 1. The number of nitro groups is 1. The molecule has 0 fully saturated rings. The molecule has 0 aliphatic rings. The first-order valence-electron chi connectivity index (χ1n) is 8.63. The number of anilines is 1. The second-order valence-corrected chi connectivity index (χ2v) is 6.59. The number of nitrogens with zero attached hydrogens (tertiary/aromatic N) is 1. The molecule has 7 nitrogen and oxygen atoms in total. The zero-order chi connectivity index (χ0) is 20.1. The Labute approximate surface area is 158 Å². The fourth-order valence-corrected chi connectivity index (χ4v) is 2.61. The van der Waals surface area contributed by atoms with Crippen molar-refractivity contribution in [1.29, 1.82) is 0 Å². The Kier molecular flexibility index (Phi) is 6.39. The van der Waals surface area contributed by atoms with Gasteiger partial charge in [-0.05, 0) is 43.0 Å². The molecule has 0 radical (unpaired) electrons. The van der Waals surface area contributed by atoms with Crippen LogP contribution in [0.3, 0.4) is 0 Å². The van der Waals surface area contributed by atoms with Gasteiger partial charge < -0.3 is 14.8 Å². The van der Waals surface area contributed by atoms with Gasteiger partial charge in [0.05, 0.1) is 17.7 Å². The van der Waals surface area contributed by atoms with Gasteiger partial charge in [-0.1, -0.05) is 26.0 Å². The fourth-order valence-electron chi connectivity index (χ4n) is 2.61. The Morgan fingerprint density at radius 1 is 1.11 bits per heavy atom. The topological polar surface area (TPSA) is 90.7 Å². The number of rotatable bonds is 7. The SMILES string of the molecule is COc1ccc([N+](=O)[O-])cc1NC(=O)C(C)Oc1cc(C)ccc1C(C)C. The smallest absolute Gasteiger partial charge is 0.271 e. The zero-order valence-corrected chi connectivity index (χ0v) is 16.1. The third-order valence-corrected chi connectivity index (χ3v) is 4.12. The van der Waals surface area contributed by atoms with Crippen molar-refractivity contribution < 1.29 is 19.2 Å². The number of non-ortho nitro benzene ring substituents is 1. The summed E-state index contributed by atoms with van der Waals surface area (Å²) in [5, 5.41) is 13.6. The van der Waals surface area contributed by atoms with Crippen molar-refractivity contribution in [3.63, 3.8) is 0 Å². The lowest BCUT2D eigenvalue weighted by Crippen LogP contribution is -2.30. The van der Waals surface area contributed by atoms with Crippen LogP contribution < -0.4 is 14.8 Å². The van der Waals surface area contributed by atoms with Crippen LogP contribution in [0.1, 0.15) is 37.8 Å². The Balaban J connectivity index is 2.21. The van der Waals surface area contributed by atoms with Gasteiger partial charge in [0.15, 0.2) is 6.10 Å². The summed E-state index contributed by atoms with van der Waals surface area (Å²) < 4.78 is 11.1. The number of aryl methyl sites for hydroxylation is 1. The van der Waals surface area contributed by atoms with Crippen LogP contribution in [-0.2, 0) is 4.79 Å². The van der Waals surface area contributed by atoms with E-state index in [0.717, 1.165) is 11.1 Å². The molecule has 1 unspecified atom stereocenters. The highest BCUT2D eigenvalue weighted by atomic mass is 16.6. The van der Waals surface area contributed by atoms with Crippen LogP contribution >= 0.6 is 0 Å². The van der Waals surface area contributed by atoms with Gasteiger partial charge in [0.2, 0.25) is 0 Å². The maximum absolute atomic E-state index is 12.6. The Morgan fingerprint density at radius 3 is 2.41 bits per heavy atom. The van der Waals surface area contributed by atoms with E-state index < -0.39 is 16.9 Å². The summed E-state index contributed by atoms with van der Waals surface area (Å²) in [7, 11) is 1.43. The first-order valence-corrected chi connectivity index (χ1v) is 8.63. The number of amides is 1. The largest absolute Gasteiger partial charge is 0.495 e. The lowest BCUT2D eigenvalue weighted by Gasteiger charge is -2.20.